The molecular weight excluding hydrogens is 394 g/mol. The van der Waals surface area contributed by atoms with Gasteiger partial charge in [0.2, 0.25) is 0 Å². The second kappa shape index (κ2) is 10.8. The molecule has 7 heteroatoms. The van der Waals surface area contributed by atoms with E-state index < -0.39 is 11.8 Å². The lowest BCUT2D eigenvalue weighted by molar-refractivity contribution is -0.136. The van der Waals surface area contributed by atoms with Gasteiger partial charge in [-0.3, -0.25) is 9.59 Å². The zero-order valence-corrected chi connectivity index (χ0v) is 17.6. The number of carbonyl (C=O) groups excluding carboxylic acids is 2. The third-order valence-corrected chi connectivity index (χ3v) is 4.35. The Labute approximate surface area is 181 Å². The minimum absolute atomic E-state index is 0.494. The molecule has 0 fully saturated rings. The lowest BCUT2D eigenvalue weighted by Gasteiger charge is -2.11. The van der Waals surface area contributed by atoms with Crippen LogP contribution in [0.1, 0.15) is 25.8 Å². The Balaban J connectivity index is 1.63. The second-order valence-electron chi connectivity index (χ2n) is 6.67. The van der Waals surface area contributed by atoms with E-state index in [1.807, 2.05) is 50.2 Å². The number of anilines is 1. The minimum Gasteiger partial charge on any atom is -0.490 e. The van der Waals surface area contributed by atoms with Crippen LogP contribution in [0.25, 0.3) is 10.8 Å². The molecule has 0 saturated carbocycles. The van der Waals surface area contributed by atoms with Crippen LogP contribution in [0.4, 0.5) is 5.69 Å². The lowest BCUT2D eigenvalue weighted by Crippen LogP contribution is -2.32. The maximum absolute atomic E-state index is 12.2. The molecule has 3 rings (SSSR count). The molecule has 0 aromatic heterocycles. The van der Waals surface area contributed by atoms with Crippen LogP contribution in [0.15, 0.2) is 65.8 Å². The Morgan fingerprint density at radius 3 is 2.55 bits per heavy atom. The Hall–Kier alpha value is -3.87. The topological polar surface area (TPSA) is 89.0 Å². The van der Waals surface area contributed by atoms with Gasteiger partial charge in [-0.05, 0) is 48.6 Å². The summed E-state index contributed by atoms with van der Waals surface area (Å²) >= 11 is 0. The third-order valence-electron chi connectivity index (χ3n) is 4.35. The van der Waals surface area contributed by atoms with Crippen LogP contribution >= 0.6 is 0 Å². The number of hydrogen-bond donors (Lipinski definition) is 2. The van der Waals surface area contributed by atoms with E-state index >= 15 is 0 Å². The summed E-state index contributed by atoms with van der Waals surface area (Å²) in [6.07, 6.45) is 2.33. The van der Waals surface area contributed by atoms with Crippen molar-refractivity contribution in [1.29, 1.82) is 0 Å². The van der Waals surface area contributed by atoms with Gasteiger partial charge in [-0.15, -0.1) is 0 Å². The summed E-state index contributed by atoms with van der Waals surface area (Å²) in [6.45, 7) is 5.00. The van der Waals surface area contributed by atoms with Crippen molar-refractivity contribution in [2.24, 2.45) is 5.10 Å². The number of hydrazone groups is 1. The molecule has 0 aliphatic rings. The average molecular weight is 419 g/mol. The van der Waals surface area contributed by atoms with E-state index in [1.54, 1.807) is 24.3 Å². The molecule has 0 unspecified atom stereocenters. The molecular formula is C24H25N3O4. The predicted molar refractivity (Wildman–Crippen MR) is 122 cm³/mol. The van der Waals surface area contributed by atoms with Crippen molar-refractivity contribution in [3.63, 3.8) is 0 Å². The summed E-state index contributed by atoms with van der Waals surface area (Å²) in [5.41, 5.74) is 3.50. The molecule has 2 amide bonds. The number of amides is 2. The van der Waals surface area contributed by atoms with E-state index in [0.29, 0.717) is 36.0 Å². The Bertz CT molecular complexity index is 1090. The van der Waals surface area contributed by atoms with Gasteiger partial charge in [0, 0.05) is 11.1 Å². The van der Waals surface area contributed by atoms with Crippen LogP contribution < -0.4 is 20.2 Å². The molecule has 0 aliphatic heterocycles. The lowest BCUT2D eigenvalue weighted by atomic mass is 10.1. The van der Waals surface area contributed by atoms with Crippen molar-refractivity contribution in [2.75, 3.05) is 18.5 Å². The van der Waals surface area contributed by atoms with Crippen molar-refractivity contribution in [3.8, 4) is 11.5 Å². The number of fused-ring (bicyclic) bond motifs is 1. The Kier molecular flexibility index (Phi) is 7.59. The van der Waals surface area contributed by atoms with E-state index in [-0.39, 0.29) is 0 Å². The Morgan fingerprint density at radius 2 is 1.74 bits per heavy atom. The number of nitrogens with one attached hydrogen (secondary N) is 2. The largest absolute Gasteiger partial charge is 0.490 e. The van der Waals surface area contributed by atoms with Crippen molar-refractivity contribution in [1.82, 2.24) is 5.43 Å². The monoisotopic (exact) mass is 419 g/mol. The quantitative estimate of drug-likeness (QED) is 0.327. The molecule has 0 bridgehead atoms. The van der Waals surface area contributed by atoms with E-state index in [4.69, 9.17) is 9.47 Å². The molecule has 7 nitrogen and oxygen atoms in total. The maximum atomic E-state index is 12.2. The SMILES string of the molecule is CCCOc1ccc(/C=N\NC(=O)C(=O)Nc2cccc3ccccc23)cc1OCC. The smallest absolute Gasteiger partial charge is 0.329 e. The first-order chi connectivity index (χ1) is 15.1. The van der Waals surface area contributed by atoms with Crippen LogP contribution in [-0.4, -0.2) is 31.2 Å². The zero-order chi connectivity index (χ0) is 22.1. The molecule has 3 aromatic rings. The normalized spacial score (nSPS) is 10.8. The molecule has 160 valence electrons. The van der Waals surface area contributed by atoms with E-state index in [1.165, 1.54) is 6.21 Å². The van der Waals surface area contributed by atoms with E-state index in [0.717, 1.165) is 17.2 Å². The third kappa shape index (κ3) is 5.82. The van der Waals surface area contributed by atoms with Gasteiger partial charge in [0.1, 0.15) is 0 Å². The first-order valence-electron chi connectivity index (χ1n) is 10.1. The summed E-state index contributed by atoms with van der Waals surface area (Å²) in [7, 11) is 0. The van der Waals surface area contributed by atoms with Crippen LogP contribution in [-0.2, 0) is 9.59 Å². The van der Waals surface area contributed by atoms with Gasteiger partial charge in [-0.2, -0.15) is 5.10 Å². The number of benzene rings is 3. The number of nitrogens with zero attached hydrogens (tertiary/aromatic N) is 1. The maximum Gasteiger partial charge on any atom is 0.329 e. The van der Waals surface area contributed by atoms with Crippen molar-refractivity contribution in [3.05, 3.63) is 66.2 Å². The fourth-order valence-electron chi connectivity index (χ4n) is 2.93. The van der Waals surface area contributed by atoms with Gasteiger partial charge in [-0.25, -0.2) is 5.43 Å². The summed E-state index contributed by atoms with van der Waals surface area (Å²) < 4.78 is 11.3. The number of hydrogen-bond acceptors (Lipinski definition) is 5. The number of carbonyl (C=O) groups is 2. The molecule has 3 aromatic carbocycles. The molecule has 31 heavy (non-hydrogen) atoms. The summed E-state index contributed by atoms with van der Waals surface area (Å²) in [4.78, 5) is 24.4. The zero-order valence-electron chi connectivity index (χ0n) is 17.6. The fraction of sp³-hybridized carbons (Fsp3) is 0.208. The summed E-state index contributed by atoms with van der Waals surface area (Å²) in [5.74, 6) is -0.414. The molecule has 0 atom stereocenters. The predicted octanol–water partition coefficient (Wildman–Crippen LogP) is 4.12. The highest BCUT2D eigenvalue weighted by atomic mass is 16.5. The van der Waals surface area contributed by atoms with E-state index in [2.05, 4.69) is 15.8 Å². The standard InChI is InChI=1S/C24H25N3O4/c1-3-14-31-21-13-12-17(15-22(21)30-4-2)16-25-27-24(29)23(28)26-20-11-7-9-18-8-5-6-10-19(18)20/h5-13,15-16H,3-4,14H2,1-2H3,(H,26,28)(H,27,29)/b25-16-. The summed E-state index contributed by atoms with van der Waals surface area (Å²) in [6, 6.07) is 18.4. The molecule has 2 N–H and O–H groups in total. The molecule has 0 heterocycles. The number of rotatable bonds is 8. The molecule has 0 spiro atoms. The van der Waals surface area contributed by atoms with Gasteiger partial charge in [0.25, 0.3) is 0 Å². The van der Waals surface area contributed by atoms with E-state index in [9.17, 15) is 9.59 Å². The van der Waals surface area contributed by atoms with Gasteiger partial charge < -0.3 is 14.8 Å². The second-order valence-corrected chi connectivity index (χ2v) is 6.67. The van der Waals surface area contributed by atoms with Crippen LogP contribution in [0, 0.1) is 0 Å². The highest BCUT2D eigenvalue weighted by molar-refractivity contribution is 6.40. The van der Waals surface area contributed by atoms with Crippen LogP contribution in [0.2, 0.25) is 0 Å². The van der Waals surface area contributed by atoms with Crippen LogP contribution in [0.5, 0.6) is 11.5 Å². The molecule has 0 saturated heterocycles. The van der Waals surface area contributed by atoms with Gasteiger partial charge >= 0.3 is 11.8 Å². The first kappa shape index (κ1) is 21.8. The highest BCUT2D eigenvalue weighted by Gasteiger charge is 2.14. The average Bonchev–Trinajstić information content (AvgIpc) is 2.79. The fourth-order valence-corrected chi connectivity index (χ4v) is 2.93. The van der Waals surface area contributed by atoms with Crippen molar-refractivity contribution < 1.29 is 19.1 Å². The number of ether oxygens (including phenoxy) is 2. The van der Waals surface area contributed by atoms with Gasteiger partial charge in [-0.1, -0.05) is 43.3 Å². The highest BCUT2D eigenvalue weighted by Crippen LogP contribution is 2.28. The van der Waals surface area contributed by atoms with Crippen LogP contribution in [0.3, 0.4) is 0 Å². The van der Waals surface area contributed by atoms with Crippen molar-refractivity contribution >= 4 is 34.5 Å². The van der Waals surface area contributed by atoms with Gasteiger partial charge in [0.05, 0.1) is 19.4 Å². The summed E-state index contributed by atoms with van der Waals surface area (Å²) in [5, 5.41) is 8.32. The molecule has 0 radical (unpaired) electrons. The Morgan fingerprint density at radius 1 is 0.935 bits per heavy atom. The van der Waals surface area contributed by atoms with Crippen molar-refractivity contribution in [2.45, 2.75) is 20.3 Å². The molecule has 0 aliphatic carbocycles. The van der Waals surface area contributed by atoms with Gasteiger partial charge in [0.15, 0.2) is 11.5 Å². The first-order valence-corrected chi connectivity index (χ1v) is 10.1. The minimum atomic E-state index is -0.864.